The molecule has 216 valence electrons. The van der Waals surface area contributed by atoms with E-state index in [-0.39, 0.29) is 50.5 Å². The Morgan fingerprint density at radius 1 is 0.949 bits per heavy atom. The van der Waals surface area contributed by atoms with Crippen LogP contribution in [0.1, 0.15) is 36.8 Å². The molecule has 3 saturated heterocycles. The molecule has 0 bridgehead atoms. The summed E-state index contributed by atoms with van der Waals surface area (Å²) in [6, 6.07) is 3.79. The zero-order chi connectivity index (χ0) is 28.5. The Morgan fingerprint density at radius 2 is 1.56 bits per heavy atom. The zero-order valence-corrected chi connectivity index (χ0v) is 22.8. The molecule has 0 aliphatic carbocycles. The van der Waals surface area contributed by atoms with Crippen LogP contribution in [-0.2, 0) is 37.3 Å². The third-order valence-corrected chi connectivity index (χ3v) is 9.55. The Kier molecular flexibility index (Phi) is 8.57. The van der Waals surface area contributed by atoms with Crippen molar-refractivity contribution >= 4 is 27.9 Å². The standard InChI is InChI=1S/C25H34F3N5O5S/c1-30(2)23(35)19-15-32(16-19)39(37,38)31-11-3-5-18(14-31)24(36)33-12-4-6-21(33)22(34)29-13-17-7-9-20(10-8-17)25(26,27)28/h7-10,18-19,21H,3-6,11-16H2,1-2H3,(H,29,34). The number of carbonyl (C=O) groups is 3. The van der Waals surface area contributed by atoms with Gasteiger partial charge in [-0.15, -0.1) is 0 Å². The highest BCUT2D eigenvalue weighted by molar-refractivity contribution is 7.86. The van der Waals surface area contributed by atoms with Gasteiger partial charge in [-0.2, -0.15) is 30.2 Å². The van der Waals surface area contributed by atoms with Gasteiger partial charge in [0, 0.05) is 53.4 Å². The number of hydrogen-bond acceptors (Lipinski definition) is 5. The molecule has 10 nitrogen and oxygen atoms in total. The van der Waals surface area contributed by atoms with E-state index >= 15 is 0 Å². The summed E-state index contributed by atoms with van der Waals surface area (Å²) < 4.78 is 67.2. The molecule has 1 aromatic carbocycles. The largest absolute Gasteiger partial charge is 0.416 e. The maximum Gasteiger partial charge on any atom is 0.416 e. The average Bonchev–Trinajstić information content (AvgIpc) is 3.35. The second-order valence-electron chi connectivity index (χ2n) is 10.6. The zero-order valence-electron chi connectivity index (χ0n) is 22.0. The number of piperidine rings is 1. The van der Waals surface area contributed by atoms with Crippen LogP contribution in [0.15, 0.2) is 24.3 Å². The number of benzene rings is 1. The molecule has 1 N–H and O–H groups in total. The minimum atomic E-state index is -4.44. The lowest BCUT2D eigenvalue weighted by Crippen LogP contribution is -2.60. The summed E-state index contributed by atoms with van der Waals surface area (Å²) in [4.78, 5) is 41.4. The van der Waals surface area contributed by atoms with Crippen molar-refractivity contribution in [3.63, 3.8) is 0 Å². The predicted octanol–water partition coefficient (Wildman–Crippen LogP) is 1.29. The van der Waals surface area contributed by atoms with Crippen molar-refractivity contribution in [1.82, 2.24) is 23.7 Å². The predicted molar refractivity (Wildman–Crippen MR) is 135 cm³/mol. The number of amides is 3. The number of likely N-dealkylation sites (tertiary alicyclic amines) is 1. The van der Waals surface area contributed by atoms with Gasteiger partial charge in [0.1, 0.15) is 6.04 Å². The lowest BCUT2D eigenvalue weighted by atomic mass is 9.97. The Labute approximate surface area is 226 Å². The van der Waals surface area contributed by atoms with E-state index in [1.807, 2.05) is 0 Å². The SMILES string of the molecule is CN(C)C(=O)C1CN(S(=O)(=O)N2CCCC(C(=O)N3CCCC3C(=O)NCc3ccc(C(F)(F)F)cc3)C2)C1. The Balaban J connectivity index is 1.33. The van der Waals surface area contributed by atoms with Gasteiger partial charge in [0.15, 0.2) is 0 Å². The highest BCUT2D eigenvalue weighted by Crippen LogP contribution is 2.31. The van der Waals surface area contributed by atoms with Crippen molar-refractivity contribution < 1.29 is 36.0 Å². The maximum absolute atomic E-state index is 13.4. The average molecular weight is 574 g/mol. The number of rotatable bonds is 7. The molecule has 14 heteroatoms. The van der Waals surface area contributed by atoms with E-state index < -0.39 is 39.8 Å². The fourth-order valence-corrected chi connectivity index (χ4v) is 7.11. The summed E-state index contributed by atoms with van der Waals surface area (Å²) in [7, 11) is -0.561. The second-order valence-corrected chi connectivity index (χ2v) is 12.5. The van der Waals surface area contributed by atoms with Crippen molar-refractivity contribution in [2.24, 2.45) is 11.8 Å². The van der Waals surface area contributed by atoms with E-state index in [2.05, 4.69) is 5.32 Å². The first-order valence-corrected chi connectivity index (χ1v) is 14.4. The Morgan fingerprint density at radius 3 is 2.18 bits per heavy atom. The van der Waals surface area contributed by atoms with Crippen LogP contribution in [0.4, 0.5) is 13.2 Å². The third kappa shape index (κ3) is 6.38. The first-order valence-electron chi connectivity index (χ1n) is 13.0. The van der Waals surface area contributed by atoms with Gasteiger partial charge in [0.2, 0.25) is 17.7 Å². The maximum atomic E-state index is 13.4. The summed E-state index contributed by atoms with van der Waals surface area (Å²) in [5.74, 6) is -1.74. The van der Waals surface area contributed by atoms with Crippen LogP contribution in [0.5, 0.6) is 0 Å². The summed E-state index contributed by atoms with van der Waals surface area (Å²) in [5, 5.41) is 2.71. The summed E-state index contributed by atoms with van der Waals surface area (Å²) in [6.07, 6.45) is -2.36. The highest BCUT2D eigenvalue weighted by Gasteiger charge is 2.45. The molecule has 3 heterocycles. The van der Waals surface area contributed by atoms with Gasteiger partial charge in [-0.05, 0) is 43.4 Å². The second kappa shape index (κ2) is 11.4. The van der Waals surface area contributed by atoms with Crippen molar-refractivity contribution in [1.29, 1.82) is 0 Å². The molecule has 2 unspecified atom stereocenters. The molecule has 0 saturated carbocycles. The van der Waals surface area contributed by atoms with E-state index in [1.165, 1.54) is 30.5 Å². The number of halogens is 3. The van der Waals surface area contributed by atoms with Crippen molar-refractivity contribution in [3.8, 4) is 0 Å². The molecule has 0 aromatic heterocycles. The summed E-state index contributed by atoms with van der Waals surface area (Å²) in [5.41, 5.74) is -0.273. The fraction of sp³-hybridized carbons (Fsp3) is 0.640. The van der Waals surface area contributed by atoms with E-state index in [0.29, 0.717) is 37.8 Å². The van der Waals surface area contributed by atoms with Gasteiger partial charge in [-0.25, -0.2) is 0 Å². The molecule has 1 aromatic rings. The Bertz CT molecular complexity index is 1190. The molecule has 3 aliphatic rings. The van der Waals surface area contributed by atoms with Crippen LogP contribution in [0.25, 0.3) is 0 Å². The molecule has 0 radical (unpaired) electrons. The van der Waals surface area contributed by atoms with Crippen molar-refractivity contribution in [2.75, 3.05) is 46.8 Å². The fourth-order valence-electron chi connectivity index (χ4n) is 5.32. The molecule has 3 fully saturated rings. The topological polar surface area (TPSA) is 110 Å². The van der Waals surface area contributed by atoms with Gasteiger partial charge in [0.05, 0.1) is 17.4 Å². The van der Waals surface area contributed by atoms with Crippen LogP contribution in [-0.4, -0.2) is 97.4 Å². The summed E-state index contributed by atoms with van der Waals surface area (Å²) in [6.45, 7) is 0.925. The van der Waals surface area contributed by atoms with Gasteiger partial charge < -0.3 is 15.1 Å². The minimum Gasteiger partial charge on any atom is -0.350 e. The van der Waals surface area contributed by atoms with Crippen LogP contribution in [0.2, 0.25) is 0 Å². The molecule has 2 atom stereocenters. The van der Waals surface area contributed by atoms with Crippen LogP contribution < -0.4 is 5.32 Å². The monoisotopic (exact) mass is 573 g/mol. The molecule has 4 rings (SSSR count). The number of carbonyl (C=O) groups excluding carboxylic acids is 3. The van der Waals surface area contributed by atoms with Crippen LogP contribution in [0, 0.1) is 11.8 Å². The number of alkyl halides is 3. The van der Waals surface area contributed by atoms with Gasteiger partial charge in [0.25, 0.3) is 10.2 Å². The van der Waals surface area contributed by atoms with Crippen molar-refractivity contribution in [3.05, 3.63) is 35.4 Å². The molecule has 0 spiro atoms. The van der Waals surface area contributed by atoms with Gasteiger partial charge in [-0.1, -0.05) is 12.1 Å². The minimum absolute atomic E-state index is 0.0142. The van der Waals surface area contributed by atoms with E-state index in [1.54, 1.807) is 14.1 Å². The number of nitrogens with zero attached hydrogens (tertiary/aromatic N) is 4. The highest BCUT2D eigenvalue weighted by atomic mass is 32.2. The number of nitrogens with one attached hydrogen (secondary N) is 1. The van der Waals surface area contributed by atoms with Crippen LogP contribution >= 0.6 is 0 Å². The first kappa shape index (κ1) is 29.3. The normalized spacial score (nSPS) is 23.4. The van der Waals surface area contributed by atoms with E-state index in [4.69, 9.17) is 0 Å². The first-order chi connectivity index (χ1) is 18.3. The van der Waals surface area contributed by atoms with E-state index in [9.17, 15) is 36.0 Å². The third-order valence-electron chi connectivity index (χ3n) is 7.61. The van der Waals surface area contributed by atoms with Gasteiger partial charge in [-0.3, -0.25) is 14.4 Å². The van der Waals surface area contributed by atoms with Crippen molar-refractivity contribution in [2.45, 2.75) is 44.4 Å². The van der Waals surface area contributed by atoms with Crippen LogP contribution in [0.3, 0.4) is 0 Å². The number of hydrogen-bond donors (Lipinski definition) is 1. The molecular weight excluding hydrogens is 539 g/mol. The van der Waals surface area contributed by atoms with E-state index in [0.717, 1.165) is 12.1 Å². The quantitative estimate of drug-likeness (QED) is 0.529. The summed E-state index contributed by atoms with van der Waals surface area (Å²) >= 11 is 0. The molecular formula is C25H34F3N5O5S. The molecule has 39 heavy (non-hydrogen) atoms. The van der Waals surface area contributed by atoms with Gasteiger partial charge >= 0.3 is 6.18 Å². The molecule has 3 aliphatic heterocycles. The Hall–Kier alpha value is -2.71. The smallest absolute Gasteiger partial charge is 0.350 e. The lowest BCUT2D eigenvalue weighted by Gasteiger charge is -2.42. The molecule has 3 amide bonds. The lowest BCUT2D eigenvalue weighted by molar-refractivity contribution is -0.142.